The van der Waals surface area contributed by atoms with E-state index in [0.29, 0.717) is 0 Å². The third-order valence-corrected chi connectivity index (χ3v) is 5.25. The highest BCUT2D eigenvalue weighted by molar-refractivity contribution is 5.92. The van der Waals surface area contributed by atoms with Gasteiger partial charge in [0.15, 0.2) is 0 Å². The van der Waals surface area contributed by atoms with Crippen molar-refractivity contribution in [3.8, 4) is 0 Å². The molecule has 132 valence electrons. The summed E-state index contributed by atoms with van der Waals surface area (Å²) in [5, 5.41) is 2.97. The first-order valence-electron chi connectivity index (χ1n) is 8.86. The van der Waals surface area contributed by atoms with E-state index < -0.39 is 0 Å². The number of piperidine rings is 1. The zero-order valence-corrected chi connectivity index (χ0v) is 14.9. The fraction of sp³-hybridized carbons (Fsp3) is 0.667. The second-order valence-electron chi connectivity index (χ2n) is 7.61. The van der Waals surface area contributed by atoms with Crippen molar-refractivity contribution in [3.63, 3.8) is 0 Å². The van der Waals surface area contributed by atoms with Crippen molar-refractivity contribution >= 4 is 11.9 Å². The Morgan fingerprint density at radius 3 is 2.58 bits per heavy atom. The maximum absolute atomic E-state index is 12.8. The summed E-state index contributed by atoms with van der Waals surface area (Å²) < 4.78 is 1.88. The molecule has 6 nitrogen and oxygen atoms in total. The van der Waals surface area contributed by atoms with Crippen LogP contribution in [0.1, 0.15) is 43.6 Å². The lowest BCUT2D eigenvalue weighted by atomic mass is 9.79. The van der Waals surface area contributed by atoms with Gasteiger partial charge in [-0.25, -0.2) is 4.79 Å². The summed E-state index contributed by atoms with van der Waals surface area (Å²) in [5.74, 6) is 0.103. The second kappa shape index (κ2) is 6.49. The number of nitrogens with zero attached hydrogens (tertiary/aromatic N) is 3. The molecule has 0 radical (unpaired) electrons. The average molecular weight is 332 g/mol. The topological polar surface area (TPSA) is 57.6 Å². The lowest BCUT2D eigenvalue weighted by Gasteiger charge is -2.40. The van der Waals surface area contributed by atoms with E-state index in [0.717, 1.165) is 51.1 Å². The van der Waals surface area contributed by atoms with Crippen molar-refractivity contribution in [2.24, 2.45) is 12.5 Å². The second-order valence-corrected chi connectivity index (χ2v) is 7.61. The Kier molecular flexibility index (Phi) is 4.56. The van der Waals surface area contributed by atoms with E-state index in [1.165, 1.54) is 0 Å². The summed E-state index contributed by atoms with van der Waals surface area (Å²) in [4.78, 5) is 28.9. The van der Waals surface area contributed by atoms with Crippen LogP contribution in [0.15, 0.2) is 18.3 Å². The van der Waals surface area contributed by atoms with Gasteiger partial charge in [0.2, 0.25) is 0 Å². The lowest BCUT2D eigenvalue weighted by Crippen LogP contribution is -2.49. The highest BCUT2D eigenvalue weighted by Gasteiger charge is 2.44. The number of hydrogen-bond acceptors (Lipinski definition) is 2. The van der Waals surface area contributed by atoms with Gasteiger partial charge >= 0.3 is 6.03 Å². The van der Waals surface area contributed by atoms with E-state index in [9.17, 15) is 9.59 Å². The number of nitrogens with one attached hydrogen (secondary N) is 1. The number of likely N-dealkylation sites (tertiary alicyclic amines) is 2. The van der Waals surface area contributed by atoms with Crippen LogP contribution in [-0.2, 0) is 7.05 Å². The lowest BCUT2D eigenvalue weighted by molar-refractivity contribution is 0.0527. The minimum absolute atomic E-state index is 0.0211. The molecule has 3 heterocycles. The highest BCUT2D eigenvalue weighted by Crippen LogP contribution is 2.39. The number of amides is 3. The Bertz CT molecular complexity index is 624. The minimum atomic E-state index is 0.0211. The van der Waals surface area contributed by atoms with Crippen LogP contribution < -0.4 is 5.32 Å². The summed E-state index contributed by atoms with van der Waals surface area (Å²) in [6.07, 6.45) is 4.99. The van der Waals surface area contributed by atoms with Crippen LogP contribution in [0.25, 0.3) is 0 Å². The van der Waals surface area contributed by atoms with Gasteiger partial charge in [0.25, 0.3) is 5.91 Å². The summed E-state index contributed by atoms with van der Waals surface area (Å²) >= 11 is 0. The van der Waals surface area contributed by atoms with E-state index in [1.54, 1.807) is 0 Å². The Hall–Kier alpha value is -1.98. The molecule has 0 bridgehead atoms. The van der Waals surface area contributed by atoms with Crippen molar-refractivity contribution in [2.45, 2.75) is 39.2 Å². The van der Waals surface area contributed by atoms with Gasteiger partial charge in [-0.2, -0.15) is 0 Å². The zero-order chi connectivity index (χ0) is 17.3. The molecule has 3 rings (SSSR count). The first-order chi connectivity index (χ1) is 11.4. The van der Waals surface area contributed by atoms with Crippen LogP contribution in [-0.4, -0.2) is 58.5 Å². The van der Waals surface area contributed by atoms with Crippen LogP contribution in [0.5, 0.6) is 0 Å². The number of urea groups is 1. The van der Waals surface area contributed by atoms with E-state index in [4.69, 9.17) is 0 Å². The predicted molar refractivity (Wildman–Crippen MR) is 92.8 cm³/mol. The van der Waals surface area contributed by atoms with Crippen molar-refractivity contribution in [2.75, 3.05) is 26.2 Å². The van der Waals surface area contributed by atoms with Gasteiger partial charge in [-0.3, -0.25) is 4.79 Å². The largest absolute Gasteiger partial charge is 0.347 e. The number of aromatic nitrogens is 1. The molecule has 0 unspecified atom stereocenters. The molecule has 1 spiro atoms. The number of aryl methyl sites for hydroxylation is 1. The number of carbonyl (C=O) groups is 2. The molecule has 2 aliphatic heterocycles. The monoisotopic (exact) mass is 332 g/mol. The summed E-state index contributed by atoms with van der Waals surface area (Å²) in [6, 6.07) is 3.95. The van der Waals surface area contributed by atoms with Crippen LogP contribution in [0.3, 0.4) is 0 Å². The first kappa shape index (κ1) is 16.9. The summed E-state index contributed by atoms with van der Waals surface area (Å²) in [7, 11) is 1.90. The van der Waals surface area contributed by atoms with Gasteiger partial charge in [0, 0.05) is 50.9 Å². The third-order valence-electron chi connectivity index (χ3n) is 5.25. The third kappa shape index (κ3) is 3.28. The SMILES string of the molecule is CC(C)NC(=O)N1CC[C@@]2(CCCN(C(=O)c3cccn3C)C2)C1. The Balaban J connectivity index is 1.67. The van der Waals surface area contributed by atoms with Crippen LogP contribution >= 0.6 is 0 Å². The van der Waals surface area contributed by atoms with Crippen LogP contribution in [0.2, 0.25) is 0 Å². The predicted octanol–water partition coefficient (Wildman–Crippen LogP) is 2.07. The van der Waals surface area contributed by atoms with Crippen molar-refractivity contribution in [3.05, 3.63) is 24.0 Å². The first-order valence-corrected chi connectivity index (χ1v) is 8.86. The van der Waals surface area contributed by atoms with Crippen LogP contribution in [0.4, 0.5) is 4.79 Å². The minimum Gasteiger partial charge on any atom is -0.347 e. The molecule has 24 heavy (non-hydrogen) atoms. The Morgan fingerprint density at radius 2 is 1.92 bits per heavy atom. The smallest absolute Gasteiger partial charge is 0.317 e. The van der Waals surface area contributed by atoms with Gasteiger partial charge < -0.3 is 19.7 Å². The fourth-order valence-corrected chi connectivity index (χ4v) is 4.01. The van der Waals surface area contributed by atoms with E-state index in [2.05, 4.69) is 5.32 Å². The van der Waals surface area contributed by atoms with E-state index in [-0.39, 0.29) is 23.4 Å². The van der Waals surface area contributed by atoms with Crippen LogP contribution in [0, 0.1) is 5.41 Å². The molecule has 2 aliphatic rings. The summed E-state index contributed by atoms with van der Waals surface area (Å²) in [5.41, 5.74) is 0.798. The molecule has 0 aromatic carbocycles. The van der Waals surface area contributed by atoms with E-state index in [1.807, 2.05) is 53.6 Å². The standard InChI is InChI=1S/C18H28N4O2/c1-14(2)19-17(24)22-11-8-18(13-22)7-5-10-21(12-18)16(23)15-6-4-9-20(15)3/h4,6,9,14H,5,7-8,10-13H2,1-3H3,(H,19,24)/t18-/m1/s1. The van der Waals surface area contributed by atoms with Crippen molar-refractivity contribution < 1.29 is 9.59 Å². The van der Waals surface area contributed by atoms with Gasteiger partial charge in [0.1, 0.15) is 5.69 Å². The van der Waals surface area contributed by atoms with Gasteiger partial charge in [0.05, 0.1) is 0 Å². The molecule has 1 aromatic rings. The molecule has 1 N–H and O–H groups in total. The Labute approximate surface area is 143 Å². The maximum atomic E-state index is 12.8. The molecule has 1 atom stereocenters. The zero-order valence-electron chi connectivity index (χ0n) is 14.9. The van der Waals surface area contributed by atoms with Crippen molar-refractivity contribution in [1.29, 1.82) is 0 Å². The van der Waals surface area contributed by atoms with E-state index >= 15 is 0 Å². The fourth-order valence-electron chi connectivity index (χ4n) is 4.01. The summed E-state index contributed by atoms with van der Waals surface area (Å²) in [6.45, 7) is 7.05. The number of hydrogen-bond donors (Lipinski definition) is 1. The van der Waals surface area contributed by atoms with Gasteiger partial charge in [-0.15, -0.1) is 0 Å². The number of carbonyl (C=O) groups excluding carboxylic acids is 2. The molecular formula is C18H28N4O2. The normalized spacial score (nSPS) is 24.0. The number of rotatable bonds is 2. The molecule has 0 saturated carbocycles. The average Bonchev–Trinajstić information content (AvgIpc) is 3.13. The molecule has 0 aliphatic carbocycles. The van der Waals surface area contributed by atoms with Gasteiger partial charge in [-0.05, 0) is 45.2 Å². The molecule has 6 heteroatoms. The molecule has 2 saturated heterocycles. The molecular weight excluding hydrogens is 304 g/mol. The molecule has 2 fully saturated rings. The maximum Gasteiger partial charge on any atom is 0.317 e. The van der Waals surface area contributed by atoms with Crippen molar-refractivity contribution in [1.82, 2.24) is 19.7 Å². The molecule has 1 aromatic heterocycles. The molecule has 3 amide bonds. The van der Waals surface area contributed by atoms with Gasteiger partial charge in [-0.1, -0.05) is 0 Å². The highest BCUT2D eigenvalue weighted by atomic mass is 16.2. The Morgan fingerprint density at radius 1 is 1.17 bits per heavy atom. The quantitative estimate of drug-likeness (QED) is 0.901.